The predicted octanol–water partition coefficient (Wildman–Crippen LogP) is 1.47. The summed E-state index contributed by atoms with van der Waals surface area (Å²) < 4.78 is 0. The summed E-state index contributed by atoms with van der Waals surface area (Å²) in [6, 6.07) is 5.41. The van der Waals surface area contributed by atoms with Gasteiger partial charge in [0.2, 0.25) is 0 Å². The molecule has 0 bridgehead atoms. The second kappa shape index (κ2) is 6.24. The average molecular weight is 259 g/mol. The van der Waals surface area contributed by atoms with Gasteiger partial charge in [-0.1, -0.05) is 6.07 Å². The van der Waals surface area contributed by atoms with Crippen molar-refractivity contribution in [2.24, 2.45) is 0 Å². The van der Waals surface area contributed by atoms with E-state index in [1.54, 1.807) is 23.4 Å². The Kier molecular flexibility index (Phi) is 4.41. The molecule has 1 aromatic heterocycles. The fraction of sp³-hybridized carbons (Fsp3) is 0.357. The summed E-state index contributed by atoms with van der Waals surface area (Å²) in [5.74, 6) is -0.0675. The molecule has 19 heavy (non-hydrogen) atoms. The van der Waals surface area contributed by atoms with Gasteiger partial charge in [0.25, 0.3) is 5.91 Å². The van der Waals surface area contributed by atoms with Gasteiger partial charge in [-0.25, -0.2) is 0 Å². The molecule has 0 unspecified atom stereocenters. The fourth-order valence-electron chi connectivity index (χ4n) is 2.00. The van der Waals surface area contributed by atoms with E-state index in [0.29, 0.717) is 36.1 Å². The van der Waals surface area contributed by atoms with Crippen molar-refractivity contribution in [1.82, 2.24) is 14.9 Å². The number of hydrogen-bond acceptors (Lipinski definition) is 4. The van der Waals surface area contributed by atoms with Crippen LogP contribution in [0.25, 0.3) is 11.0 Å². The first kappa shape index (κ1) is 13.4. The van der Waals surface area contributed by atoms with E-state index in [0.717, 1.165) is 0 Å². The van der Waals surface area contributed by atoms with E-state index in [4.69, 9.17) is 5.11 Å². The molecule has 1 amide bonds. The van der Waals surface area contributed by atoms with Crippen LogP contribution in [0.5, 0.6) is 0 Å². The van der Waals surface area contributed by atoms with Crippen molar-refractivity contribution in [3.05, 3.63) is 36.2 Å². The van der Waals surface area contributed by atoms with E-state index in [2.05, 4.69) is 9.97 Å². The Bertz CT molecular complexity index is 566. The highest BCUT2D eigenvalue weighted by Crippen LogP contribution is 2.16. The summed E-state index contributed by atoms with van der Waals surface area (Å²) in [5, 5.41) is 8.87. The van der Waals surface area contributed by atoms with Crippen molar-refractivity contribution in [3.8, 4) is 0 Å². The van der Waals surface area contributed by atoms with Crippen LogP contribution in [-0.2, 0) is 0 Å². The molecule has 1 aromatic carbocycles. The minimum atomic E-state index is -0.0675. The number of nitrogens with zero attached hydrogens (tertiary/aromatic N) is 3. The molecule has 0 saturated carbocycles. The van der Waals surface area contributed by atoms with Crippen molar-refractivity contribution in [2.75, 3.05) is 19.7 Å². The number of rotatable bonds is 5. The number of amides is 1. The molecule has 0 fully saturated rings. The summed E-state index contributed by atoms with van der Waals surface area (Å²) in [6.07, 6.45) is 3.78. The van der Waals surface area contributed by atoms with Crippen LogP contribution in [0.15, 0.2) is 30.6 Å². The van der Waals surface area contributed by atoms with Crippen LogP contribution in [-0.4, -0.2) is 45.6 Å². The molecule has 2 rings (SSSR count). The zero-order valence-corrected chi connectivity index (χ0v) is 10.9. The van der Waals surface area contributed by atoms with E-state index in [9.17, 15) is 4.79 Å². The number of aliphatic hydroxyl groups is 1. The van der Waals surface area contributed by atoms with Crippen molar-refractivity contribution in [2.45, 2.75) is 13.3 Å². The van der Waals surface area contributed by atoms with Gasteiger partial charge >= 0.3 is 0 Å². The standard InChI is InChI=1S/C14H17N3O2/c1-2-17(9-4-10-18)14(19)11-5-3-6-12-13(11)16-8-7-15-12/h3,5-8,18H,2,4,9-10H2,1H3. The first-order chi connectivity index (χ1) is 9.27. The van der Waals surface area contributed by atoms with E-state index >= 15 is 0 Å². The lowest BCUT2D eigenvalue weighted by Gasteiger charge is -2.20. The van der Waals surface area contributed by atoms with E-state index < -0.39 is 0 Å². The third kappa shape index (κ3) is 2.88. The number of aromatic nitrogens is 2. The van der Waals surface area contributed by atoms with Gasteiger partial charge in [0.05, 0.1) is 11.1 Å². The maximum Gasteiger partial charge on any atom is 0.256 e. The molecule has 0 atom stereocenters. The Labute approximate surface area is 111 Å². The minimum absolute atomic E-state index is 0.0675. The van der Waals surface area contributed by atoms with Gasteiger partial charge in [0.1, 0.15) is 5.52 Å². The number of benzene rings is 1. The Morgan fingerprint density at radius 3 is 2.84 bits per heavy atom. The number of fused-ring (bicyclic) bond motifs is 1. The van der Waals surface area contributed by atoms with Crippen LogP contribution in [0.2, 0.25) is 0 Å². The molecule has 0 aliphatic heterocycles. The lowest BCUT2D eigenvalue weighted by molar-refractivity contribution is 0.0756. The Morgan fingerprint density at radius 1 is 1.32 bits per heavy atom. The second-order valence-corrected chi connectivity index (χ2v) is 4.19. The molecule has 100 valence electrons. The SMILES string of the molecule is CCN(CCCO)C(=O)c1cccc2nccnc12. The summed E-state index contributed by atoms with van der Waals surface area (Å²) in [7, 11) is 0. The molecule has 0 saturated heterocycles. The molecule has 0 aliphatic rings. The van der Waals surface area contributed by atoms with Crippen LogP contribution in [0.3, 0.4) is 0 Å². The van der Waals surface area contributed by atoms with Crippen LogP contribution >= 0.6 is 0 Å². The monoisotopic (exact) mass is 259 g/mol. The molecular formula is C14H17N3O2. The first-order valence-corrected chi connectivity index (χ1v) is 6.37. The summed E-state index contributed by atoms with van der Waals surface area (Å²) in [5.41, 5.74) is 1.90. The molecule has 0 spiro atoms. The highest BCUT2D eigenvalue weighted by atomic mass is 16.3. The van der Waals surface area contributed by atoms with Crippen LogP contribution in [0, 0.1) is 0 Å². The van der Waals surface area contributed by atoms with Crippen molar-refractivity contribution in [1.29, 1.82) is 0 Å². The fourth-order valence-corrected chi connectivity index (χ4v) is 2.00. The normalized spacial score (nSPS) is 10.6. The highest BCUT2D eigenvalue weighted by Gasteiger charge is 2.17. The smallest absolute Gasteiger partial charge is 0.256 e. The largest absolute Gasteiger partial charge is 0.396 e. The van der Waals surface area contributed by atoms with Crippen molar-refractivity contribution < 1.29 is 9.90 Å². The number of carbonyl (C=O) groups is 1. The van der Waals surface area contributed by atoms with Gasteiger partial charge in [-0.3, -0.25) is 14.8 Å². The van der Waals surface area contributed by atoms with Crippen LogP contribution < -0.4 is 0 Å². The number of hydrogen-bond donors (Lipinski definition) is 1. The van der Waals surface area contributed by atoms with Gasteiger partial charge in [-0.05, 0) is 25.5 Å². The lowest BCUT2D eigenvalue weighted by Crippen LogP contribution is -2.32. The zero-order valence-electron chi connectivity index (χ0n) is 10.9. The molecule has 5 nitrogen and oxygen atoms in total. The minimum Gasteiger partial charge on any atom is -0.396 e. The number of carbonyl (C=O) groups excluding carboxylic acids is 1. The summed E-state index contributed by atoms with van der Waals surface area (Å²) in [6.45, 7) is 3.16. The first-order valence-electron chi connectivity index (χ1n) is 6.37. The molecule has 0 radical (unpaired) electrons. The predicted molar refractivity (Wildman–Crippen MR) is 72.8 cm³/mol. The number of aliphatic hydroxyl groups excluding tert-OH is 1. The van der Waals surface area contributed by atoms with Gasteiger partial charge in [-0.15, -0.1) is 0 Å². The van der Waals surface area contributed by atoms with Crippen molar-refractivity contribution in [3.63, 3.8) is 0 Å². The second-order valence-electron chi connectivity index (χ2n) is 4.19. The summed E-state index contributed by atoms with van der Waals surface area (Å²) in [4.78, 5) is 22.6. The van der Waals surface area contributed by atoms with E-state index in [-0.39, 0.29) is 12.5 Å². The molecule has 2 aromatic rings. The molecule has 1 heterocycles. The maximum absolute atomic E-state index is 12.5. The maximum atomic E-state index is 12.5. The molecular weight excluding hydrogens is 242 g/mol. The van der Waals surface area contributed by atoms with Crippen molar-refractivity contribution >= 4 is 16.9 Å². The van der Waals surface area contributed by atoms with Crippen LogP contribution in [0.4, 0.5) is 0 Å². The van der Waals surface area contributed by atoms with Crippen LogP contribution in [0.1, 0.15) is 23.7 Å². The van der Waals surface area contributed by atoms with Gasteiger partial charge < -0.3 is 10.0 Å². The topological polar surface area (TPSA) is 66.3 Å². The van der Waals surface area contributed by atoms with E-state index in [1.165, 1.54) is 0 Å². The Morgan fingerprint density at radius 2 is 2.11 bits per heavy atom. The lowest BCUT2D eigenvalue weighted by atomic mass is 10.1. The van der Waals surface area contributed by atoms with Gasteiger partial charge in [0, 0.05) is 32.1 Å². The third-order valence-corrected chi connectivity index (χ3v) is 2.98. The zero-order chi connectivity index (χ0) is 13.7. The third-order valence-electron chi connectivity index (χ3n) is 2.98. The molecule has 0 aliphatic carbocycles. The highest BCUT2D eigenvalue weighted by molar-refractivity contribution is 6.04. The number of para-hydroxylation sites is 1. The van der Waals surface area contributed by atoms with Gasteiger partial charge in [-0.2, -0.15) is 0 Å². The van der Waals surface area contributed by atoms with E-state index in [1.807, 2.05) is 19.1 Å². The van der Waals surface area contributed by atoms with Gasteiger partial charge in [0.15, 0.2) is 0 Å². The average Bonchev–Trinajstić information content (AvgIpc) is 2.47. The quantitative estimate of drug-likeness (QED) is 0.883. The molecule has 1 N–H and O–H groups in total. The Hall–Kier alpha value is -2.01. The summed E-state index contributed by atoms with van der Waals surface area (Å²) >= 11 is 0. The Balaban J connectivity index is 2.35. The molecule has 5 heteroatoms.